The van der Waals surface area contributed by atoms with Gasteiger partial charge in [0, 0.05) is 10.0 Å². The van der Waals surface area contributed by atoms with E-state index in [0.717, 1.165) is 15.6 Å². The normalized spacial score (nSPS) is 10.8. The van der Waals surface area contributed by atoms with Crippen LogP contribution in [0.2, 0.25) is 0 Å². The molecule has 1 heterocycles. The summed E-state index contributed by atoms with van der Waals surface area (Å²) >= 11 is 3.43. The number of hydrogen-bond acceptors (Lipinski definition) is 4. The molecule has 0 amide bonds. The fourth-order valence-electron chi connectivity index (χ4n) is 1.96. The number of aromatic nitrogens is 2. The molecule has 1 N–H and O–H groups in total. The monoisotopic (exact) mass is 348 g/mol. The van der Waals surface area contributed by atoms with Crippen molar-refractivity contribution < 1.29 is 14.0 Å². The van der Waals surface area contributed by atoms with Crippen LogP contribution < -0.4 is 0 Å². The van der Waals surface area contributed by atoms with Crippen LogP contribution in [0.3, 0.4) is 0 Å². The van der Waals surface area contributed by atoms with Crippen molar-refractivity contribution in [2.24, 2.45) is 0 Å². The summed E-state index contributed by atoms with van der Waals surface area (Å²) in [6.45, 7) is 1.97. The largest absolute Gasteiger partial charge is 0.507 e. The summed E-state index contributed by atoms with van der Waals surface area (Å²) < 4.78 is 19.7. The molecular weight excluding hydrogens is 339 g/mol. The molecule has 21 heavy (non-hydrogen) atoms. The second kappa shape index (κ2) is 5.29. The Balaban J connectivity index is 2.08. The number of aryl methyl sites for hydroxylation is 1. The van der Waals surface area contributed by atoms with Crippen LogP contribution in [0, 0.1) is 12.7 Å². The maximum Gasteiger partial charge on any atom is 0.265 e. The van der Waals surface area contributed by atoms with Crippen molar-refractivity contribution in [1.29, 1.82) is 0 Å². The van der Waals surface area contributed by atoms with Gasteiger partial charge in [-0.15, -0.1) is 0 Å². The van der Waals surface area contributed by atoms with Gasteiger partial charge >= 0.3 is 0 Å². The first-order chi connectivity index (χ1) is 10.1. The number of rotatable bonds is 2. The molecule has 0 radical (unpaired) electrons. The first-order valence-corrected chi connectivity index (χ1v) is 6.93. The molecule has 0 saturated heterocycles. The number of halogens is 2. The highest BCUT2D eigenvalue weighted by atomic mass is 79.9. The Morgan fingerprint density at radius 2 is 2.05 bits per heavy atom. The van der Waals surface area contributed by atoms with Gasteiger partial charge in [0.15, 0.2) is 0 Å². The summed E-state index contributed by atoms with van der Waals surface area (Å²) in [5.74, 6) is -0.603. The van der Waals surface area contributed by atoms with Crippen molar-refractivity contribution in [3.8, 4) is 28.6 Å². The number of benzene rings is 2. The molecule has 4 nitrogen and oxygen atoms in total. The maximum absolute atomic E-state index is 13.8. The molecule has 3 rings (SSSR count). The van der Waals surface area contributed by atoms with Crippen molar-refractivity contribution in [2.75, 3.05) is 0 Å². The second-order valence-corrected chi connectivity index (χ2v) is 5.39. The topological polar surface area (TPSA) is 59.2 Å². The average Bonchev–Trinajstić information content (AvgIpc) is 2.87. The molecule has 106 valence electrons. The van der Waals surface area contributed by atoms with Gasteiger partial charge in [-0.3, -0.25) is 0 Å². The summed E-state index contributed by atoms with van der Waals surface area (Å²) in [4.78, 5) is 4.16. The molecule has 3 aromatic rings. The van der Waals surface area contributed by atoms with Crippen molar-refractivity contribution >= 4 is 15.9 Å². The molecule has 0 atom stereocenters. The van der Waals surface area contributed by atoms with Crippen molar-refractivity contribution in [3.05, 3.63) is 52.3 Å². The number of nitrogens with zero attached hydrogens (tertiary/aromatic N) is 2. The van der Waals surface area contributed by atoms with E-state index in [1.54, 1.807) is 0 Å². The highest BCUT2D eigenvalue weighted by Crippen LogP contribution is 2.33. The van der Waals surface area contributed by atoms with Crippen LogP contribution in [-0.2, 0) is 0 Å². The van der Waals surface area contributed by atoms with Crippen LogP contribution in [0.15, 0.2) is 45.4 Å². The van der Waals surface area contributed by atoms with Gasteiger partial charge in [-0.2, -0.15) is 4.98 Å². The van der Waals surface area contributed by atoms with Gasteiger partial charge in [0.2, 0.25) is 5.82 Å². The lowest BCUT2D eigenvalue weighted by molar-refractivity contribution is 0.421. The van der Waals surface area contributed by atoms with E-state index in [0.29, 0.717) is 5.82 Å². The molecule has 1 aromatic heterocycles. The van der Waals surface area contributed by atoms with Crippen LogP contribution >= 0.6 is 15.9 Å². The first-order valence-electron chi connectivity index (χ1n) is 6.14. The van der Waals surface area contributed by atoms with E-state index in [1.165, 1.54) is 18.2 Å². The lowest BCUT2D eigenvalue weighted by Gasteiger charge is -2.00. The summed E-state index contributed by atoms with van der Waals surface area (Å²) in [5.41, 5.74) is 1.71. The Hall–Kier alpha value is -2.21. The number of phenolic OH excluding ortho intramolecular Hbond substituents is 1. The fourth-order valence-corrected chi connectivity index (χ4v) is 2.63. The molecule has 0 spiro atoms. The van der Waals surface area contributed by atoms with Gasteiger partial charge in [-0.1, -0.05) is 33.2 Å². The molecule has 2 aromatic carbocycles. The Bertz CT molecular complexity index is 797. The molecule has 0 fully saturated rings. The predicted molar refractivity (Wildman–Crippen MR) is 79.2 cm³/mol. The third-order valence-electron chi connectivity index (χ3n) is 3.00. The minimum atomic E-state index is -0.617. The fraction of sp³-hybridized carbons (Fsp3) is 0.0667. The van der Waals surface area contributed by atoms with E-state index in [1.807, 2.05) is 25.1 Å². The molecule has 0 aliphatic heterocycles. The minimum absolute atomic E-state index is 0.0620. The molecule has 6 heteroatoms. The van der Waals surface area contributed by atoms with Crippen LogP contribution in [0.25, 0.3) is 22.8 Å². The number of aromatic hydroxyl groups is 1. The van der Waals surface area contributed by atoms with Crippen molar-refractivity contribution in [3.63, 3.8) is 0 Å². The van der Waals surface area contributed by atoms with Gasteiger partial charge in [0.25, 0.3) is 5.89 Å². The lowest BCUT2D eigenvalue weighted by Crippen LogP contribution is -1.87. The Morgan fingerprint density at radius 1 is 1.24 bits per heavy atom. The standard InChI is InChI=1S/C15H10BrFN2O2/c1-8-5-6-9(10(16)7-8)14-18-15(21-19-14)13-11(17)3-2-4-12(13)20/h2-7,20H,1H3. The van der Waals surface area contributed by atoms with Gasteiger partial charge in [-0.05, 0) is 36.8 Å². The highest BCUT2D eigenvalue weighted by molar-refractivity contribution is 9.10. The van der Waals surface area contributed by atoms with Gasteiger partial charge in [0.05, 0.1) is 0 Å². The van der Waals surface area contributed by atoms with Crippen LogP contribution in [0.4, 0.5) is 4.39 Å². The number of hydrogen-bond donors (Lipinski definition) is 1. The third-order valence-corrected chi connectivity index (χ3v) is 3.65. The summed E-state index contributed by atoms with van der Waals surface area (Å²) in [6, 6.07) is 9.67. The second-order valence-electron chi connectivity index (χ2n) is 4.54. The van der Waals surface area contributed by atoms with Crippen molar-refractivity contribution in [1.82, 2.24) is 10.1 Å². The summed E-state index contributed by atoms with van der Waals surface area (Å²) in [7, 11) is 0. The van der Waals surface area contributed by atoms with E-state index < -0.39 is 5.82 Å². The first kappa shape index (κ1) is 13.8. The molecule has 0 unspecified atom stereocenters. The van der Waals surface area contributed by atoms with Gasteiger partial charge < -0.3 is 9.63 Å². The third kappa shape index (κ3) is 2.54. The molecule has 0 saturated carbocycles. The average molecular weight is 349 g/mol. The lowest BCUT2D eigenvalue weighted by atomic mass is 10.1. The number of phenols is 1. The highest BCUT2D eigenvalue weighted by Gasteiger charge is 2.19. The van der Waals surface area contributed by atoms with Crippen LogP contribution in [-0.4, -0.2) is 15.2 Å². The predicted octanol–water partition coefficient (Wildman–Crippen LogP) is 4.32. The quantitative estimate of drug-likeness (QED) is 0.749. The zero-order valence-electron chi connectivity index (χ0n) is 11.0. The Labute approximate surface area is 128 Å². The van der Waals surface area contributed by atoms with E-state index in [-0.39, 0.29) is 17.2 Å². The van der Waals surface area contributed by atoms with Gasteiger partial charge in [0.1, 0.15) is 17.1 Å². The molecule has 0 aliphatic carbocycles. The minimum Gasteiger partial charge on any atom is -0.507 e. The SMILES string of the molecule is Cc1ccc(-c2noc(-c3c(O)cccc3F)n2)c(Br)c1. The summed E-state index contributed by atoms with van der Waals surface area (Å²) in [5, 5.41) is 13.6. The zero-order chi connectivity index (χ0) is 15.0. The maximum atomic E-state index is 13.8. The van der Waals surface area contributed by atoms with Crippen molar-refractivity contribution in [2.45, 2.75) is 6.92 Å². The van der Waals surface area contributed by atoms with E-state index in [2.05, 4.69) is 26.1 Å². The molecule has 0 bridgehead atoms. The van der Waals surface area contributed by atoms with Crippen LogP contribution in [0.1, 0.15) is 5.56 Å². The molecule has 0 aliphatic rings. The van der Waals surface area contributed by atoms with E-state index in [9.17, 15) is 9.50 Å². The van der Waals surface area contributed by atoms with Crippen LogP contribution in [0.5, 0.6) is 5.75 Å². The zero-order valence-corrected chi connectivity index (χ0v) is 12.6. The Morgan fingerprint density at radius 3 is 2.76 bits per heavy atom. The smallest absolute Gasteiger partial charge is 0.265 e. The summed E-state index contributed by atoms with van der Waals surface area (Å²) in [6.07, 6.45) is 0. The molecular formula is C15H10BrFN2O2. The van der Waals surface area contributed by atoms with E-state index >= 15 is 0 Å². The van der Waals surface area contributed by atoms with E-state index in [4.69, 9.17) is 4.52 Å². The Kier molecular flexibility index (Phi) is 3.47. The van der Waals surface area contributed by atoms with Gasteiger partial charge in [-0.25, -0.2) is 4.39 Å².